The molecule has 0 amide bonds. The maximum Gasteiger partial charge on any atom is 0.161 e. The number of nitrogens with zero attached hydrogens (tertiary/aromatic N) is 1. The predicted molar refractivity (Wildman–Crippen MR) is 101 cm³/mol. The second kappa shape index (κ2) is 7.75. The summed E-state index contributed by atoms with van der Waals surface area (Å²) in [7, 11) is 1.58. The minimum atomic E-state index is 0.183. The number of benzene rings is 2. The molecule has 0 spiro atoms. The van der Waals surface area contributed by atoms with Gasteiger partial charge in [-0.2, -0.15) is 0 Å². The molecule has 1 aliphatic heterocycles. The number of rotatable bonds is 5. The van der Waals surface area contributed by atoms with Crippen molar-refractivity contribution in [1.29, 1.82) is 0 Å². The van der Waals surface area contributed by atoms with Crippen LogP contribution in [0.25, 0.3) is 0 Å². The molecule has 0 radical (unpaired) electrons. The fourth-order valence-electron chi connectivity index (χ4n) is 2.91. The molecule has 0 bridgehead atoms. The molecule has 126 valence electrons. The third kappa shape index (κ3) is 3.59. The van der Waals surface area contributed by atoms with Gasteiger partial charge in [0.25, 0.3) is 0 Å². The lowest BCUT2D eigenvalue weighted by atomic mass is 10.0. The molecular weight excluding hydrogens is 318 g/mol. The van der Waals surface area contributed by atoms with E-state index in [1.54, 1.807) is 24.9 Å². The number of hydrogen-bond acceptors (Lipinski definition) is 4. The maximum absolute atomic E-state index is 10.1. The Morgan fingerprint density at radius 3 is 2.75 bits per heavy atom. The van der Waals surface area contributed by atoms with Gasteiger partial charge >= 0.3 is 0 Å². The number of phenolic OH excluding ortho intramolecular Hbond substituents is 1. The van der Waals surface area contributed by atoms with Gasteiger partial charge < -0.3 is 9.84 Å². The Labute approximate surface area is 147 Å². The lowest BCUT2D eigenvalue weighted by Gasteiger charge is -2.13. The molecule has 0 saturated heterocycles. The van der Waals surface area contributed by atoms with Crippen LogP contribution < -0.4 is 4.74 Å². The molecule has 2 aromatic rings. The first kappa shape index (κ1) is 16.9. The van der Waals surface area contributed by atoms with Crippen molar-refractivity contribution in [1.82, 2.24) is 0 Å². The van der Waals surface area contributed by atoms with Crippen LogP contribution in [0.3, 0.4) is 0 Å². The molecule has 24 heavy (non-hydrogen) atoms. The van der Waals surface area contributed by atoms with Crippen LogP contribution in [0, 0.1) is 0 Å². The van der Waals surface area contributed by atoms with Crippen molar-refractivity contribution in [2.45, 2.75) is 37.1 Å². The van der Waals surface area contributed by atoms with Gasteiger partial charge in [-0.1, -0.05) is 50.1 Å². The largest absolute Gasteiger partial charge is 0.504 e. The van der Waals surface area contributed by atoms with Gasteiger partial charge in [-0.05, 0) is 18.6 Å². The lowest BCUT2D eigenvalue weighted by molar-refractivity contribution is 0.372. The molecule has 0 fully saturated rings. The van der Waals surface area contributed by atoms with Gasteiger partial charge in [0, 0.05) is 21.8 Å². The molecule has 2 aromatic carbocycles. The average molecular weight is 341 g/mol. The first-order valence-corrected chi connectivity index (χ1v) is 9.39. The molecule has 0 aromatic heterocycles. The zero-order chi connectivity index (χ0) is 16.9. The van der Waals surface area contributed by atoms with Gasteiger partial charge in [0.15, 0.2) is 11.5 Å². The fraction of sp³-hybridized carbons (Fsp3) is 0.350. The van der Waals surface area contributed by atoms with Crippen molar-refractivity contribution in [3.8, 4) is 11.5 Å². The van der Waals surface area contributed by atoms with E-state index in [9.17, 15) is 5.11 Å². The molecular formula is C20H23NO2S. The number of phenols is 1. The summed E-state index contributed by atoms with van der Waals surface area (Å²) in [5.74, 6) is 1.61. The zero-order valence-corrected chi connectivity index (χ0v) is 15.0. The zero-order valence-electron chi connectivity index (χ0n) is 14.2. The van der Waals surface area contributed by atoms with E-state index in [4.69, 9.17) is 9.73 Å². The quantitative estimate of drug-likeness (QED) is 0.841. The molecule has 0 aliphatic carbocycles. The smallest absolute Gasteiger partial charge is 0.161 e. The van der Waals surface area contributed by atoms with Crippen LogP contribution in [0.15, 0.2) is 52.4 Å². The summed E-state index contributed by atoms with van der Waals surface area (Å²) in [6, 6.07) is 14.3. The third-order valence-corrected chi connectivity index (χ3v) is 5.42. The summed E-state index contributed by atoms with van der Waals surface area (Å²) >= 11 is 1.77. The standard InChI is InChI=1S/C20H23NO2S/c1-3-4-10-15-13-24-19-12-17(22)18(23-2)11-16(19)20(21-15)14-8-6-5-7-9-14/h5-9,11-12,15,22H,3-4,10,13H2,1-2H3/t15-/m1/s1. The molecule has 3 nitrogen and oxygen atoms in total. The number of thioether (sulfide) groups is 1. The highest BCUT2D eigenvalue weighted by Crippen LogP contribution is 2.38. The molecule has 1 atom stereocenters. The van der Waals surface area contributed by atoms with E-state index in [0.717, 1.165) is 33.9 Å². The predicted octanol–water partition coefficient (Wildman–Crippen LogP) is 4.90. The van der Waals surface area contributed by atoms with Crippen LogP contribution >= 0.6 is 11.8 Å². The Balaban J connectivity index is 2.10. The summed E-state index contributed by atoms with van der Waals surface area (Å²) in [6.07, 6.45) is 3.46. The highest BCUT2D eigenvalue weighted by Gasteiger charge is 2.22. The summed E-state index contributed by atoms with van der Waals surface area (Å²) in [5, 5.41) is 10.1. The van der Waals surface area contributed by atoms with Crippen molar-refractivity contribution in [3.05, 3.63) is 53.6 Å². The van der Waals surface area contributed by atoms with E-state index in [1.807, 2.05) is 24.3 Å². The van der Waals surface area contributed by atoms with E-state index in [0.29, 0.717) is 11.8 Å². The fourth-order valence-corrected chi connectivity index (χ4v) is 4.03. The van der Waals surface area contributed by atoms with E-state index in [-0.39, 0.29) is 5.75 Å². The van der Waals surface area contributed by atoms with Crippen molar-refractivity contribution in [3.63, 3.8) is 0 Å². The first-order valence-electron chi connectivity index (χ1n) is 8.40. The van der Waals surface area contributed by atoms with Gasteiger partial charge in [0.05, 0.1) is 18.9 Å². The summed E-state index contributed by atoms with van der Waals surface area (Å²) in [6.45, 7) is 2.21. The van der Waals surface area contributed by atoms with Gasteiger partial charge in [-0.15, -0.1) is 11.8 Å². The number of unbranched alkanes of at least 4 members (excludes halogenated alkanes) is 1. The minimum absolute atomic E-state index is 0.183. The SMILES string of the molecule is CCCC[C@@H]1CSc2cc(O)c(OC)cc2C(c2ccccc2)=N1. The average Bonchev–Trinajstić information content (AvgIpc) is 2.79. The van der Waals surface area contributed by atoms with Crippen molar-refractivity contribution < 1.29 is 9.84 Å². The van der Waals surface area contributed by atoms with E-state index < -0.39 is 0 Å². The molecule has 4 heteroatoms. The molecule has 0 saturated carbocycles. The Kier molecular flexibility index (Phi) is 5.46. The van der Waals surface area contributed by atoms with Crippen LogP contribution in [0.2, 0.25) is 0 Å². The number of aliphatic imine (C=N–C) groups is 1. The van der Waals surface area contributed by atoms with E-state index >= 15 is 0 Å². The van der Waals surface area contributed by atoms with Crippen molar-refractivity contribution >= 4 is 17.5 Å². The maximum atomic E-state index is 10.1. The van der Waals surface area contributed by atoms with E-state index in [2.05, 4.69) is 19.1 Å². The van der Waals surface area contributed by atoms with Crippen LogP contribution in [0.1, 0.15) is 37.3 Å². The van der Waals surface area contributed by atoms with Gasteiger partial charge in [0.1, 0.15) is 0 Å². The molecule has 1 heterocycles. The monoisotopic (exact) mass is 341 g/mol. The van der Waals surface area contributed by atoms with Gasteiger partial charge in [0.2, 0.25) is 0 Å². The Morgan fingerprint density at radius 2 is 2.04 bits per heavy atom. The highest BCUT2D eigenvalue weighted by molar-refractivity contribution is 7.99. The topological polar surface area (TPSA) is 41.8 Å². The van der Waals surface area contributed by atoms with Crippen LogP contribution in [-0.4, -0.2) is 29.7 Å². The van der Waals surface area contributed by atoms with Gasteiger partial charge in [-0.3, -0.25) is 4.99 Å². The van der Waals surface area contributed by atoms with E-state index in [1.165, 1.54) is 12.8 Å². The minimum Gasteiger partial charge on any atom is -0.504 e. The van der Waals surface area contributed by atoms with Crippen LogP contribution in [0.4, 0.5) is 0 Å². The number of aromatic hydroxyl groups is 1. The molecule has 0 unspecified atom stereocenters. The normalized spacial score (nSPS) is 16.9. The van der Waals surface area contributed by atoms with Crippen LogP contribution in [0.5, 0.6) is 11.5 Å². The summed E-state index contributed by atoms with van der Waals surface area (Å²) < 4.78 is 5.31. The number of hydrogen-bond donors (Lipinski definition) is 1. The third-order valence-electron chi connectivity index (χ3n) is 4.22. The first-order chi connectivity index (χ1) is 11.7. The lowest BCUT2D eigenvalue weighted by Crippen LogP contribution is -2.11. The number of methoxy groups -OCH3 is 1. The number of fused-ring (bicyclic) bond motifs is 1. The molecule has 1 N–H and O–H groups in total. The Bertz CT molecular complexity index is 728. The molecule has 3 rings (SSSR count). The van der Waals surface area contributed by atoms with Crippen LogP contribution in [-0.2, 0) is 0 Å². The number of ether oxygens (including phenoxy) is 1. The van der Waals surface area contributed by atoms with Gasteiger partial charge in [-0.25, -0.2) is 0 Å². The van der Waals surface area contributed by atoms with Crippen molar-refractivity contribution in [2.75, 3.05) is 12.9 Å². The summed E-state index contributed by atoms with van der Waals surface area (Å²) in [5.41, 5.74) is 3.14. The Hall–Kier alpha value is -1.94. The molecule has 1 aliphatic rings. The second-order valence-electron chi connectivity index (χ2n) is 5.97. The second-order valence-corrected chi connectivity index (χ2v) is 7.03. The van der Waals surface area contributed by atoms with Crippen molar-refractivity contribution in [2.24, 2.45) is 4.99 Å². The highest BCUT2D eigenvalue weighted by atomic mass is 32.2. The summed E-state index contributed by atoms with van der Waals surface area (Å²) in [4.78, 5) is 6.15. The Morgan fingerprint density at radius 1 is 1.25 bits per heavy atom.